The third-order valence-corrected chi connectivity index (χ3v) is 6.09. The van der Waals surface area contributed by atoms with E-state index in [1.807, 2.05) is 0 Å². The minimum absolute atomic E-state index is 0.223. The summed E-state index contributed by atoms with van der Waals surface area (Å²) in [5.41, 5.74) is 7.84. The Morgan fingerprint density at radius 2 is 1.00 bits per heavy atom. The van der Waals surface area contributed by atoms with Crippen molar-refractivity contribution >= 4 is 11.4 Å². The van der Waals surface area contributed by atoms with Crippen molar-refractivity contribution in [3.63, 3.8) is 0 Å². The third-order valence-electron chi connectivity index (χ3n) is 6.09. The molecule has 0 saturated carbocycles. The van der Waals surface area contributed by atoms with Crippen LogP contribution in [0.15, 0.2) is 109 Å². The lowest BCUT2D eigenvalue weighted by Crippen LogP contribution is -3.19. The van der Waals surface area contributed by atoms with Gasteiger partial charge in [0.2, 0.25) is 12.3 Å². The maximum atomic E-state index is 2.57. The molecule has 5 rings (SSSR count). The van der Waals surface area contributed by atoms with Crippen LogP contribution in [0.5, 0.6) is 0 Å². The molecule has 0 aromatic heterocycles. The summed E-state index contributed by atoms with van der Waals surface area (Å²) in [5, 5.41) is 0. The van der Waals surface area contributed by atoms with Gasteiger partial charge in [-0.15, -0.1) is 0 Å². The van der Waals surface area contributed by atoms with Crippen LogP contribution in [0.3, 0.4) is 0 Å². The molecule has 148 valence electrons. The summed E-state index contributed by atoms with van der Waals surface area (Å²) in [4.78, 5) is 4.04. The normalized spacial score (nSPS) is 20.6. The molecule has 0 radical (unpaired) electrons. The minimum atomic E-state index is 0.223. The van der Waals surface area contributed by atoms with E-state index in [4.69, 9.17) is 0 Å². The molecule has 0 aliphatic carbocycles. The number of nitrogens with zero attached hydrogens (tertiary/aromatic N) is 1. The number of benzene rings is 4. The monoisotopic (exact) mass is 391 g/mol. The number of rotatable bonds is 4. The number of nitrogens with one attached hydrogen (secondary N) is 1. The van der Waals surface area contributed by atoms with Gasteiger partial charge in [0.25, 0.3) is 0 Å². The molecule has 1 aliphatic rings. The highest BCUT2D eigenvalue weighted by atomic mass is 15.6. The van der Waals surface area contributed by atoms with Crippen molar-refractivity contribution in [2.45, 2.75) is 26.2 Å². The second-order valence-electron chi connectivity index (χ2n) is 8.19. The Hall–Kier alpha value is -3.36. The van der Waals surface area contributed by atoms with E-state index in [-0.39, 0.29) is 12.3 Å². The molecule has 1 fully saturated rings. The molecule has 0 amide bonds. The molecule has 2 heteroatoms. The highest BCUT2D eigenvalue weighted by Crippen LogP contribution is 2.39. The van der Waals surface area contributed by atoms with Gasteiger partial charge in [0.15, 0.2) is 0 Å². The molecular formula is C28H27N2+. The number of hydrogen-bond donors (Lipinski definition) is 1. The number of quaternary nitrogens is 1. The van der Waals surface area contributed by atoms with Gasteiger partial charge < -0.3 is 0 Å². The number of para-hydroxylation sites is 1. The fourth-order valence-electron chi connectivity index (χ4n) is 4.54. The van der Waals surface area contributed by atoms with E-state index in [9.17, 15) is 0 Å². The van der Waals surface area contributed by atoms with Crippen molar-refractivity contribution in [3.05, 3.63) is 131 Å². The summed E-state index contributed by atoms with van der Waals surface area (Å²) in [6, 6.07) is 39.7. The van der Waals surface area contributed by atoms with Crippen molar-refractivity contribution in [3.8, 4) is 0 Å². The zero-order valence-electron chi connectivity index (χ0n) is 17.5. The van der Waals surface area contributed by atoms with E-state index in [0.29, 0.717) is 0 Å². The highest BCUT2D eigenvalue weighted by Gasteiger charge is 2.53. The Labute approximate surface area is 179 Å². The predicted octanol–water partition coefficient (Wildman–Crippen LogP) is 5.74. The van der Waals surface area contributed by atoms with E-state index in [1.54, 1.807) is 0 Å². The van der Waals surface area contributed by atoms with Gasteiger partial charge in [-0.2, -0.15) is 0 Å². The van der Waals surface area contributed by atoms with Gasteiger partial charge in [-0.3, -0.25) is 9.80 Å². The van der Waals surface area contributed by atoms with Crippen molar-refractivity contribution in [1.82, 2.24) is 0 Å². The number of aryl methyl sites for hydroxylation is 2. The average Bonchev–Trinajstić information content (AvgIpc) is 2.77. The lowest BCUT2D eigenvalue weighted by Gasteiger charge is -2.54. The molecule has 30 heavy (non-hydrogen) atoms. The van der Waals surface area contributed by atoms with Crippen LogP contribution < -0.4 is 9.80 Å². The van der Waals surface area contributed by atoms with Crippen molar-refractivity contribution in [2.75, 3.05) is 4.90 Å². The molecule has 1 saturated heterocycles. The topological polar surface area (TPSA) is 7.68 Å². The second kappa shape index (κ2) is 7.81. The Bertz CT molecular complexity index is 1010. The van der Waals surface area contributed by atoms with Crippen LogP contribution >= 0.6 is 0 Å². The van der Waals surface area contributed by atoms with Crippen LogP contribution in [0.2, 0.25) is 0 Å². The maximum Gasteiger partial charge on any atom is 0.201 e. The van der Waals surface area contributed by atoms with Crippen LogP contribution in [0.1, 0.15) is 34.6 Å². The summed E-state index contributed by atoms with van der Waals surface area (Å²) in [5.74, 6) is 0. The van der Waals surface area contributed by atoms with Gasteiger partial charge in [0.1, 0.15) is 5.69 Å². The highest BCUT2D eigenvalue weighted by molar-refractivity contribution is 5.54. The van der Waals surface area contributed by atoms with Gasteiger partial charge in [0, 0.05) is 16.8 Å². The average molecular weight is 392 g/mol. The van der Waals surface area contributed by atoms with E-state index in [1.165, 1.54) is 38.5 Å². The predicted molar refractivity (Wildman–Crippen MR) is 124 cm³/mol. The molecule has 0 bridgehead atoms. The first-order valence-corrected chi connectivity index (χ1v) is 10.6. The molecular weight excluding hydrogens is 364 g/mol. The molecule has 1 N–H and O–H groups in total. The Morgan fingerprint density at radius 3 is 1.57 bits per heavy atom. The van der Waals surface area contributed by atoms with Crippen LogP contribution in [-0.2, 0) is 0 Å². The van der Waals surface area contributed by atoms with E-state index >= 15 is 0 Å². The Morgan fingerprint density at radius 1 is 0.533 bits per heavy atom. The lowest BCUT2D eigenvalue weighted by atomic mass is 9.95. The lowest BCUT2D eigenvalue weighted by molar-refractivity contribution is -0.946. The fraction of sp³-hybridized carbons (Fsp3) is 0.143. The van der Waals surface area contributed by atoms with E-state index in [2.05, 4.69) is 128 Å². The van der Waals surface area contributed by atoms with Crippen LogP contribution in [0, 0.1) is 13.8 Å². The van der Waals surface area contributed by atoms with Crippen molar-refractivity contribution in [1.29, 1.82) is 0 Å². The summed E-state index contributed by atoms with van der Waals surface area (Å²) in [6.45, 7) is 4.30. The van der Waals surface area contributed by atoms with Gasteiger partial charge in [-0.05, 0) is 38.1 Å². The summed E-state index contributed by atoms with van der Waals surface area (Å²) < 4.78 is 0. The van der Waals surface area contributed by atoms with Gasteiger partial charge in [-0.25, -0.2) is 0 Å². The molecule has 1 heterocycles. The molecule has 4 aromatic rings. The zero-order chi connectivity index (χ0) is 20.5. The first-order valence-electron chi connectivity index (χ1n) is 10.6. The fourth-order valence-corrected chi connectivity index (χ4v) is 4.54. The second-order valence-corrected chi connectivity index (χ2v) is 8.19. The number of anilines is 1. The molecule has 3 unspecified atom stereocenters. The first kappa shape index (κ1) is 18.7. The summed E-state index contributed by atoms with van der Waals surface area (Å²) in [6.07, 6.45) is 0.448. The van der Waals surface area contributed by atoms with Gasteiger partial charge in [-0.1, -0.05) is 96.1 Å². The largest absolute Gasteiger partial charge is 0.264 e. The van der Waals surface area contributed by atoms with Crippen LogP contribution in [0.25, 0.3) is 0 Å². The molecule has 0 spiro atoms. The van der Waals surface area contributed by atoms with Crippen LogP contribution in [-0.4, -0.2) is 0 Å². The van der Waals surface area contributed by atoms with Gasteiger partial charge in [0.05, 0.1) is 0 Å². The van der Waals surface area contributed by atoms with E-state index in [0.717, 1.165) is 0 Å². The quantitative estimate of drug-likeness (QED) is 0.466. The minimum Gasteiger partial charge on any atom is -0.264 e. The third kappa shape index (κ3) is 3.30. The number of hydrogen-bond acceptors (Lipinski definition) is 1. The summed E-state index contributed by atoms with van der Waals surface area (Å²) >= 11 is 0. The van der Waals surface area contributed by atoms with Crippen LogP contribution in [0.4, 0.5) is 11.4 Å². The Balaban J connectivity index is 1.67. The van der Waals surface area contributed by atoms with Crippen molar-refractivity contribution in [2.24, 2.45) is 0 Å². The van der Waals surface area contributed by atoms with Crippen molar-refractivity contribution < 1.29 is 4.90 Å². The standard InChI is InChI=1S/C28H26N2/c1-21-13-17-24(18-14-21)28-29(25-11-7-4-8-12-25)27(23-9-5-3-6-10-23)30(28)26-19-15-22(2)16-20-26/h3-20,27-28H,1-2H3/p+1. The SMILES string of the molecule is Cc1ccc(C2N(c3ccc(C)cc3)C(c3ccccc3)[NH+]2c2ccccc2)cc1. The first-order chi connectivity index (χ1) is 14.7. The Kier molecular flexibility index (Phi) is 4.86. The summed E-state index contributed by atoms with van der Waals surface area (Å²) in [7, 11) is 0. The van der Waals surface area contributed by atoms with E-state index < -0.39 is 0 Å². The molecule has 1 aliphatic heterocycles. The molecule has 4 aromatic carbocycles. The smallest absolute Gasteiger partial charge is 0.201 e. The van der Waals surface area contributed by atoms with Gasteiger partial charge >= 0.3 is 0 Å². The maximum absolute atomic E-state index is 2.57. The molecule has 2 nitrogen and oxygen atoms in total. The molecule has 3 atom stereocenters. The zero-order valence-corrected chi connectivity index (χ0v) is 17.5.